The Labute approximate surface area is 103 Å². The fourth-order valence-electron chi connectivity index (χ4n) is 1.95. The van der Waals surface area contributed by atoms with E-state index < -0.39 is 0 Å². The molecule has 0 spiro atoms. The van der Waals surface area contributed by atoms with Crippen molar-refractivity contribution >= 4 is 5.57 Å². The Morgan fingerprint density at radius 1 is 1.29 bits per heavy atom. The highest BCUT2D eigenvalue weighted by atomic mass is 16.7. The molecule has 1 aliphatic heterocycles. The molecule has 2 rings (SSSR count). The first-order valence-electron chi connectivity index (χ1n) is 6.09. The molecule has 1 heterocycles. The zero-order valence-electron chi connectivity index (χ0n) is 10.2. The first-order valence-corrected chi connectivity index (χ1v) is 6.09. The van der Waals surface area contributed by atoms with Crippen molar-refractivity contribution in [2.45, 2.75) is 26.1 Å². The molecule has 0 radical (unpaired) electrons. The van der Waals surface area contributed by atoms with Gasteiger partial charge in [-0.25, -0.2) is 0 Å². The molecule has 17 heavy (non-hydrogen) atoms. The van der Waals surface area contributed by atoms with E-state index in [-0.39, 0.29) is 6.29 Å². The summed E-state index contributed by atoms with van der Waals surface area (Å²) in [5, 5.41) is 0. The summed E-state index contributed by atoms with van der Waals surface area (Å²) >= 11 is 0. The third-order valence-corrected chi connectivity index (χ3v) is 2.76. The Balaban J connectivity index is 2.01. The first kappa shape index (κ1) is 12.1. The molecule has 2 heteroatoms. The van der Waals surface area contributed by atoms with Crippen molar-refractivity contribution < 1.29 is 9.47 Å². The van der Waals surface area contributed by atoms with Gasteiger partial charge in [0.2, 0.25) is 0 Å². The molecule has 1 aliphatic rings. The second-order valence-corrected chi connectivity index (χ2v) is 3.99. The van der Waals surface area contributed by atoms with Gasteiger partial charge in [0.05, 0.1) is 13.2 Å². The van der Waals surface area contributed by atoms with E-state index in [1.165, 1.54) is 11.1 Å². The van der Waals surface area contributed by atoms with Gasteiger partial charge >= 0.3 is 0 Å². The summed E-state index contributed by atoms with van der Waals surface area (Å²) in [4.78, 5) is 0. The molecule has 0 saturated carbocycles. The topological polar surface area (TPSA) is 18.5 Å². The maximum absolute atomic E-state index is 5.44. The molecule has 0 bridgehead atoms. The van der Waals surface area contributed by atoms with Crippen LogP contribution in [-0.4, -0.2) is 19.5 Å². The maximum atomic E-state index is 5.44. The van der Waals surface area contributed by atoms with Gasteiger partial charge in [-0.05, 0) is 25.0 Å². The SMILES string of the molecule is CC=C=C(CCC1OCCO1)c1ccccc1. The van der Waals surface area contributed by atoms with Gasteiger partial charge in [-0.15, -0.1) is 5.73 Å². The van der Waals surface area contributed by atoms with Crippen LogP contribution in [0.3, 0.4) is 0 Å². The molecule has 0 aromatic heterocycles. The molecular formula is C15H18O2. The lowest BCUT2D eigenvalue weighted by Crippen LogP contribution is -2.07. The average molecular weight is 230 g/mol. The van der Waals surface area contributed by atoms with Crippen LogP contribution in [0.5, 0.6) is 0 Å². The fraction of sp³-hybridized carbons (Fsp3) is 0.400. The van der Waals surface area contributed by atoms with Gasteiger partial charge in [-0.3, -0.25) is 0 Å². The van der Waals surface area contributed by atoms with Crippen LogP contribution in [0, 0.1) is 0 Å². The van der Waals surface area contributed by atoms with Crippen LogP contribution in [-0.2, 0) is 9.47 Å². The molecule has 0 aliphatic carbocycles. The van der Waals surface area contributed by atoms with Crippen molar-refractivity contribution in [3.8, 4) is 0 Å². The summed E-state index contributed by atoms with van der Waals surface area (Å²) in [5.41, 5.74) is 5.74. The van der Waals surface area contributed by atoms with Gasteiger partial charge in [-0.2, -0.15) is 0 Å². The van der Waals surface area contributed by atoms with Crippen molar-refractivity contribution in [1.82, 2.24) is 0 Å². The highest BCUT2D eigenvalue weighted by Crippen LogP contribution is 2.21. The van der Waals surface area contributed by atoms with E-state index >= 15 is 0 Å². The molecule has 0 N–H and O–H groups in total. The number of ether oxygens (including phenoxy) is 2. The predicted molar refractivity (Wildman–Crippen MR) is 68.5 cm³/mol. The first-order chi connectivity index (χ1) is 8.40. The number of hydrogen-bond acceptors (Lipinski definition) is 2. The average Bonchev–Trinajstić information content (AvgIpc) is 2.88. The number of allylic oxidation sites excluding steroid dienone is 1. The number of hydrogen-bond donors (Lipinski definition) is 0. The van der Waals surface area contributed by atoms with E-state index in [1.54, 1.807) is 0 Å². The Morgan fingerprint density at radius 2 is 2.00 bits per heavy atom. The van der Waals surface area contributed by atoms with E-state index in [4.69, 9.17) is 9.47 Å². The summed E-state index contributed by atoms with van der Waals surface area (Å²) in [6.07, 6.45) is 3.75. The monoisotopic (exact) mass is 230 g/mol. The largest absolute Gasteiger partial charge is 0.350 e. The maximum Gasteiger partial charge on any atom is 0.158 e. The number of benzene rings is 1. The quantitative estimate of drug-likeness (QED) is 0.738. The molecule has 1 aromatic rings. The highest BCUT2D eigenvalue weighted by molar-refractivity contribution is 5.64. The summed E-state index contributed by atoms with van der Waals surface area (Å²) in [6, 6.07) is 10.4. The van der Waals surface area contributed by atoms with Gasteiger partial charge in [0.25, 0.3) is 0 Å². The third kappa shape index (κ3) is 3.57. The van der Waals surface area contributed by atoms with Gasteiger partial charge in [0.15, 0.2) is 6.29 Å². The second-order valence-electron chi connectivity index (χ2n) is 3.99. The number of rotatable bonds is 4. The Hall–Kier alpha value is -1.34. The van der Waals surface area contributed by atoms with Crippen LogP contribution < -0.4 is 0 Å². The molecule has 0 unspecified atom stereocenters. The third-order valence-electron chi connectivity index (χ3n) is 2.76. The Kier molecular flexibility index (Phi) is 4.57. The van der Waals surface area contributed by atoms with Crippen molar-refractivity contribution in [2.24, 2.45) is 0 Å². The van der Waals surface area contributed by atoms with Crippen LogP contribution in [0.25, 0.3) is 5.57 Å². The lowest BCUT2D eigenvalue weighted by molar-refractivity contribution is -0.0453. The van der Waals surface area contributed by atoms with Crippen LogP contribution in [0.2, 0.25) is 0 Å². The van der Waals surface area contributed by atoms with E-state index in [0.29, 0.717) is 0 Å². The van der Waals surface area contributed by atoms with Crippen LogP contribution in [0.1, 0.15) is 25.3 Å². The van der Waals surface area contributed by atoms with E-state index in [9.17, 15) is 0 Å². The highest BCUT2D eigenvalue weighted by Gasteiger charge is 2.16. The summed E-state index contributed by atoms with van der Waals surface area (Å²) in [6.45, 7) is 3.43. The summed E-state index contributed by atoms with van der Waals surface area (Å²) in [7, 11) is 0. The van der Waals surface area contributed by atoms with Gasteiger partial charge in [-0.1, -0.05) is 30.3 Å². The van der Waals surface area contributed by atoms with E-state index in [1.807, 2.05) is 19.1 Å². The molecular weight excluding hydrogens is 212 g/mol. The van der Waals surface area contributed by atoms with E-state index in [2.05, 4.69) is 30.0 Å². The fourth-order valence-corrected chi connectivity index (χ4v) is 1.95. The smallest absolute Gasteiger partial charge is 0.158 e. The van der Waals surface area contributed by atoms with Crippen LogP contribution >= 0.6 is 0 Å². The van der Waals surface area contributed by atoms with Crippen molar-refractivity contribution in [3.05, 3.63) is 47.7 Å². The normalized spacial score (nSPS) is 15.6. The van der Waals surface area contributed by atoms with Crippen LogP contribution in [0.15, 0.2) is 42.1 Å². The lowest BCUT2D eigenvalue weighted by Gasteiger charge is -2.10. The zero-order chi connectivity index (χ0) is 11.9. The van der Waals surface area contributed by atoms with Gasteiger partial charge < -0.3 is 9.47 Å². The van der Waals surface area contributed by atoms with Crippen molar-refractivity contribution in [2.75, 3.05) is 13.2 Å². The summed E-state index contributed by atoms with van der Waals surface area (Å²) in [5.74, 6) is 0. The van der Waals surface area contributed by atoms with Crippen molar-refractivity contribution in [3.63, 3.8) is 0 Å². The molecule has 1 aromatic carbocycles. The Morgan fingerprint density at radius 3 is 2.65 bits per heavy atom. The lowest BCUT2D eigenvalue weighted by atomic mass is 10.0. The molecule has 90 valence electrons. The van der Waals surface area contributed by atoms with E-state index in [0.717, 1.165) is 26.1 Å². The van der Waals surface area contributed by atoms with Crippen molar-refractivity contribution in [1.29, 1.82) is 0 Å². The van der Waals surface area contributed by atoms with Gasteiger partial charge in [0, 0.05) is 12.0 Å². The standard InChI is InChI=1S/C15H18O2/c1-2-6-13(14-7-4-3-5-8-14)9-10-15-16-11-12-17-15/h2-5,7-8,15H,9-12H2,1H3. The molecule has 0 atom stereocenters. The van der Waals surface area contributed by atoms with Crippen LogP contribution in [0.4, 0.5) is 0 Å². The molecule has 0 amide bonds. The molecule has 2 nitrogen and oxygen atoms in total. The minimum Gasteiger partial charge on any atom is -0.350 e. The molecule has 1 fully saturated rings. The molecule has 1 saturated heterocycles. The van der Waals surface area contributed by atoms with Gasteiger partial charge in [0.1, 0.15) is 0 Å². The Bertz CT molecular complexity index is 396. The second kappa shape index (κ2) is 6.41. The minimum absolute atomic E-state index is 0.0348. The summed E-state index contributed by atoms with van der Waals surface area (Å²) < 4.78 is 10.9. The predicted octanol–water partition coefficient (Wildman–Crippen LogP) is 3.40. The minimum atomic E-state index is -0.0348. The zero-order valence-corrected chi connectivity index (χ0v) is 10.2.